The summed E-state index contributed by atoms with van der Waals surface area (Å²) in [7, 11) is 0. The van der Waals surface area contributed by atoms with Gasteiger partial charge in [-0.15, -0.1) is 0 Å². The minimum Gasteiger partial charge on any atom is -0.378 e. The van der Waals surface area contributed by atoms with E-state index in [2.05, 4.69) is 44.3 Å². The van der Waals surface area contributed by atoms with E-state index >= 15 is 0 Å². The number of ether oxygens (including phenoxy) is 1. The molecule has 0 aromatic heterocycles. The van der Waals surface area contributed by atoms with Crippen LogP contribution in [0.1, 0.15) is 61.8 Å². The molecule has 1 saturated heterocycles. The Balaban J connectivity index is 2.10. The van der Waals surface area contributed by atoms with Crippen LogP contribution in [0.25, 0.3) is 0 Å². The molecule has 0 bridgehead atoms. The Morgan fingerprint density at radius 3 is 2.85 bits per heavy atom. The molecule has 1 aliphatic heterocycles. The van der Waals surface area contributed by atoms with Crippen molar-refractivity contribution in [3.8, 4) is 0 Å². The zero-order valence-corrected chi connectivity index (χ0v) is 13.2. The number of rotatable bonds is 6. The van der Waals surface area contributed by atoms with Crippen LogP contribution in [0.2, 0.25) is 0 Å². The molecule has 0 radical (unpaired) electrons. The Labute approximate surface area is 123 Å². The summed E-state index contributed by atoms with van der Waals surface area (Å²) in [5.41, 5.74) is 4.19. The van der Waals surface area contributed by atoms with Gasteiger partial charge in [-0.3, -0.25) is 0 Å². The lowest BCUT2D eigenvalue weighted by Gasteiger charge is -2.29. The third kappa shape index (κ3) is 4.32. The first-order valence-electron chi connectivity index (χ1n) is 8.13. The molecular formula is C18H29NO. The van der Waals surface area contributed by atoms with Crippen molar-refractivity contribution in [3.63, 3.8) is 0 Å². The fourth-order valence-electron chi connectivity index (χ4n) is 3.03. The molecular weight excluding hydrogens is 246 g/mol. The van der Waals surface area contributed by atoms with E-state index < -0.39 is 0 Å². The molecule has 2 rings (SSSR count). The van der Waals surface area contributed by atoms with Gasteiger partial charge in [0.05, 0.1) is 6.10 Å². The molecule has 1 aromatic carbocycles. The second kappa shape index (κ2) is 7.80. The van der Waals surface area contributed by atoms with Gasteiger partial charge in [0.15, 0.2) is 0 Å². The summed E-state index contributed by atoms with van der Waals surface area (Å²) in [5.74, 6) is 0. The van der Waals surface area contributed by atoms with Crippen LogP contribution >= 0.6 is 0 Å². The van der Waals surface area contributed by atoms with Crippen molar-refractivity contribution < 1.29 is 4.74 Å². The lowest BCUT2D eigenvalue weighted by molar-refractivity contribution is 0.00501. The van der Waals surface area contributed by atoms with Crippen LogP contribution in [0.5, 0.6) is 0 Å². The molecule has 112 valence electrons. The summed E-state index contributed by atoms with van der Waals surface area (Å²) in [4.78, 5) is 0. The standard InChI is InChI=1S/C18H29NO/c1-4-10-19-18(13-16-7-5-6-11-20-16)17-12-14(2)8-9-15(17)3/h8-9,12,16,18-19H,4-7,10-11,13H2,1-3H3. The molecule has 2 heteroatoms. The van der Waals surface area contributed by atoms with Gasteiger partial charge in [-0.05, 0) is 63.6 Å². The Hall–Kier alpha value is -0.860. The monoisotopic (exact) mass is 275 g/mol. The molecule has 1 aliphatic rings. The van der Waals surface area contributed by atoms with Crippen LogP contribution in [-0.4, -0.2) is 19.3 Å². The van der Waals surface area contributed by atoms with Crippen LogP contribution in [0, 0.1) is 13.8 Å². The Kier molecular flexibility index (Phi) is 6.06. The second-order valence-electron chi connectivity index (χ2n) is 6.09. The molecule has 0 spiro atoms. The first kappa shape index (κ1) is 15.5. The zero-order chi connectivity index (χ0) is 14.4. The predicted molar refractivity (Wildman–Crippen MR) is 85.2 cm³/mol. The van der Waals surface area contributed by atoms with Crippen LogP contribution < -0.4 is 5.32 Å². The summed E-state index contributed by atoms with van der Waals surface area (Å²) in [6.07, 6.45) is 6.47. The number of nitrogens with one attached hydrogen (secondary N) is 1. The highest BCUT2D eigenvalue weighted by molar-refractivity contribution is 5.33. The Morgan fingerprint density at radius 1 is 1.30 bits per heavy atom. The van der Waals surface area contributed by atoms with E-state index in [-0.39, 0.29) is 0 Å². The van der Waals surface area contributed by atoms with E-state index in [1.54, 1.807) is 0 Å². The SMILES string of the molecule is CCCNC(CC1CCCCO1)c1cc(C)ccc1C. The summed E-state index contributed by atoms with van der Waals surface area (Å²) in [6.45, 7) is 8.64. The van der Waals surface area contributed by atoms with E-state index in [1.807, 2.05) is 0 Å². The molecule has 1 fully saturated rings. The van der Waals surface area contributed by atoms with E-state index in [1.165, 1.54) is 42.4 Å². The average Bonchev–Trinajstić information content (AvgIpc) is 2.47. The van der Waals surface area contributed by atoms with Gasteiger partial charge in [0.25, 0.3) is 0 Å². The topological polar surface area (TPSA) is 21.3 Å². The van der Waals surface area contributed by atoms with Crippen molar-refractivity contribution in [1.82, 2.24) is 5.32 Å². The summed E-state index contributed by atoms with van der Waals surface area (Å²) >= 11 is 0. The van der Waals surface area contributed by atoms with Gasteiger partial charge in [0.2, 0.25) is 0 Å². The van der Waals surface area contributed by atoms with E-state index in [0.29, 0.717) is 12.1 Å². The minimum absolute atomic E-state index is 0.429. The highest BCUT2D eigenvalue weighted by Gasteiger charge is 2.21. The van der Waals surface area contributed by atoms with Gasteiger partial charge >= 0.3 is 0 Å². The van der Waals surface area contributed by atoms with Crippen LogP contribution in [0.3, 0.4) is 0 Å². The van der Waals surface area contributed by atoms with Gasteiger partial charge in [0.1, 0.15) is 0 Å². The third-order valence-electron chi connectivity index (χ3n) is 4.22. The molecule has 20 heavy (non-hydrogen) atoms. The zero-order valence-electron chi connectivity index (χ0n) is 13.2. The Bertz CT molecular complexity index is 410. The maximum absolute atomic E-state index is 5.94. The fourth-order valence-corrected chi connectivity index (χ4v) is 3.03. The molecule has 2 unspecified atom stereocenters. The largest absolute Gasteiger partial charge is 0.378 e. The van der Waals surface area contributed by atoms with Gasteiger partial charge in [0, 0.05) is 12.6 Å². The lowest BCUT2D eigenvalue weighted by atomic mass is 9.92. The average molecular weight is 275 g/mol. The van der Waals surface area contributed by atoms with Gasteiger partial charge in [-0.25, -0.2) is 0 Å². The minimum atomic E-state index is 0.429. The summed E-state index contributed by atoms with van der Waals surface area (Å²) in [6, 6.07) is 7.21. The molecule has 0 amide bonds. The smallest absolute Gasteiger partial charge is 0.0593 e. The fraction of sp³-hybridized carbons (Fsp3) is 0.667. The molecule has 1 aromatic rings. The maximum atomic E-state index is 5.94. The van der Waals surface area contributed by atoms with Crippen LogP contribution in [-0.2, 0) is 4.74 Å². The van der Waals surface area contributed by atoms with Crippen molar-refractivity contribution in [3.05, 3.63) is 34.9 Å². The molecule has 0 aliphatic carbocycles. The van der Waals surface area contributed by atoms with E-state index in [4.69, 9.17) is 4.74 Å². The van der Waals surface area contributed by atoms with Crippen molar-refractivity contribution in [2.45, 2.75) is 65.0 Å². The molecule has 1 heterocycles. The Morgan fingerprint density at radius 2 is 2.15 bits per heavy atom. The summed E-state index contributed by atoms with van der Waals surface area (Å²) in [5, 5.41) is 3.72. The quantitative estimate of drug-likeness (QED) is 0.835. The third-order valence-corrected chi connectivity index (χ3v) is 4.22. The predicted octanol–water partition coefficient (Wildman–Crippen LogP) is 4.30. The van der Waals surface area contributed by atoms with Gasteiger partial charge in [-0.1, -0.05) is 30.7 Å². The van der Waals surface area contributed by atoms with Crippen molar-refractivity contribution in [2.75, 3.05) is 13.2 Å². The molecule has 2 atom stereocenters. The highest BCUT2D eigenvalue weighted by atomic mass is 16.5. The molecule has 2 nitrogen and oxygen atoms in total. The normalized spacial score (nSPS) is 20.9. The maximum Gasteiger partial charge on any atom is 0.0593 e. The van der Waals surface area contributed by atoms with Crippen LogP contribution in [0.15, 0.2) is 18.2 Å². The van der Waals surface area contributed by atoms with Crippen molar-refractivity contribution in [2.24, 2.45) is 0 Å². The van der Waals surface area contributed by atoms with Gasteiger partial charge in [-0.2, -0.15) is 0 Å². The van der Waals surface area contributed by atoms with E-state index in [9.17, 15) is 0 Å². The highest BCUT2D eigenvalue weighted by Crippen LogP contribution is 2.27. The molecule has 1 N–H and O–H groups in total. The molecule has 0 saturated carbocycles. The first-order valence-corrected chi connectivity index (χ1v) is 8.13. The lowest BCUT2D eigenvalue weighted by Crippen LogP contribution is -2.29. The van der Waals surface area contributed by atoms with E-state index in [0.717, 1.165) is 19.6 Å². The number of hydrogen-bond donors (Lipinski definition) is 1. The van der Waals surface area contributed by atoms with Crippen molar-refractivity contribution >= 4 is 0 Å². The number of aryl methyl sites for hydroxylation is 2. The summed E-state index contributed by atoms with van der Waals surface area (Å²) < 4.78 is 5.94. The first-order chi connectivity index (χ1) is 9.70. The van der Waals surface area contributed by atoms with Crippen molar-refractivity contribution in [1.29, 1.82) is 0 Å². The number of hydrogen-bond acceptors (Lipinski definition) is 2. The number of benzene rings is 1. The van der Waals surface area contributed by atoms with Gasteiger partial charge < -0.3 is 10.1 Å². The van der Waals surface area contributed by atoms with Crippen LogP contribution in [0.4, 0.5) is 0 Å². The second-order valence-corrected chi connectivity index (χ2v) is 6.09.